The lowest BCUT2D eigenvalue weighted by atomic mass is 9.93. The number of benzene rings is 1. The van der Waals surface area contributed by atoms with Crippen molar-refractivity contribution in [3.63, 3.8) is 0 Å². The summed E-state index contributed by atoms with van der Waals surface area (Å²) < 4.78 is 5.81. The molecule has 0 amide bonds. The summed E-state index contributed by atoms with van der Waals surface area (Å²) in [7, 11) is 0. The first-order valence-corrected chi connectivity index (χ1v) is 5.15. The lowest BCUT2D eigenvalue weighted by Gasteiger charge is -2.32. The van der Waals surface area contributed by atoms with Crippen LogP contribution in [0.5, 0.6) is 5.75 Å². The van der Waals surface area contributed by atoms with Crippen LogP contribution in [0.15, 0.2) is 23.8 Å². The third kappa shape index (κ3) is 1.69. The Hall–Kier alpha value is -1.77. The second kappa shape index (κ2) is 3.37. The third-order valence-corrected chi connectivity index (χ3v) is 2.94. The number of hydrogen-bond donors (Lipinski definition) is 1. The van der Waals surface area contributed by atoms with E-state index in [9.17, 15) is 4.79 Å². The zero-order chi connectivity index (χ0) is 11.9. The molecule has 0 saturated carbocycles. The number of hydrogen-bond acceptors (Lipinski definition) is 2. The molecule has 1 heterocycles. The zero-order valence-corrected chi connectivity index (χ0v) is 9.57. The minimum atomic E-state index is -0.918. The molecule has 3 nitrogen and oxygen atoms in total. The molecule has 1 aromatic carbocycles. The Bertz CT molecular complexity index is 484. The van der Waals surface area contributed by atoms with Crippen molar-refractivity contribution in [3.05, 3.63) is 34.9 Å². The van der Waals surface area contributed by atoms with E-state index in [1.807, 2.05) is 26.8 Å². The summed E-state index contributed by atoms with van der Waals surface area (Å²) in [5.74, 6) is -0.181. The van der Waals surface area contributed by atoms with Gasteiger partial charge in [-0.2, -0.15) is 0 Å². The first-order valence-electron chi connectivity index (χ1n) is 5.15. The topological polar surface area (TPSA) is 46.5 Å². The molecule has 1 aromatic rings. The summed E-state index contributed by atoms with van der Waals surface area (Å²) in [5, 5.41) is 8.89. The summed E-state index contributed by atoms with van der Waals surface area (Å²) in [4.78, 5) is 10.8. The van der Waals surface area contributed by atoms with E-state index in [-0.39, 0.29) is 11.2 Å². The van der Waals surface area contributed by atoms with Crippen molar-refractivity contribution in [2.75, 3.05) is 0 Å². The second-order valence-electron chi connectivity index (χ2n) is 4.50. The molecule has 1 aliphatic heterocycles. The average Bonchev–Trinajstić information content (AvgIpc) is 2.18. The maximum atomic E-state index is 10.8. The molecule has 84 valence electrons. The van der Waals surface area contributed by atoms with Gasteiger partial charge in [0.2, 0.25) is 0 Å². The zero-order valence-electron chi connectivity index (χ0n) is 9.57. The van der Waals surface area contributed by atoms with Gasteiger partial charge < -0.3 is 9.84 Å². The van der Waals surface area contributed by atoms with Crippen LogP contribution >= 0.6 is 0 Å². The van der Waals surface area contributed by atoms with Crippen molar-refractivity contribution in [3.8, 4) is 5.75 Å². The van der Waals surface area contributed by atoms with Crippen LogP contribution in [0, 0.1) is 0 Å². The second-order valence-corrected chi connectivity index (χ2v) is 4.50. The van der Waals surface area contributed by atoms with Gasteiger partial charge in [-0.15, -0.1) is 0 Å². The minimum Gasteiger partial charge on any atom is -0.483 e. The Morgan fingerprint density at radius 2 is 2.06 bits per heavy atom. The molecule has 0 unspecified atom stereocenters. The monoisotopic (exact) mass is 218 g/mol. The lowest BCUT2D eigenvalue weighted by Crippen LogP contribution is -2.32. The van der Waals surface area contributed by atoms with Crippen LogP contribution in [0.4, 0.5) is 0 Å². The molecule has 0 radical (unpaired) electrons. The molecule has 16 heavy (non-hydrogen) atoms. The molecule has 0 bridgehead atoms. The van der Waals surface area contributed by atoms with E-state index in [0.29, 0.717) is 0 Å². The first-order chi connectivity index (χ1) is 7.40. The van der Waals surface area contributed by atoms with E-state index < -0.39 is 5.97 Å². The number of rotatable bonds is 1. The molecule has 2 rings (SSSR count). The Morgan fingerprint density at radius 3 is 2.69 bits per heavy atom. The molecule has 0 spiro atoms. The van der Waals surface area contributed by atoms with E-state index in [1.54, 1.807) is 18.2 Å². The van der Waals surface area contributed by atoms with Crippen molar-refractivity contribution in [2.45, 2.75) is 26.4 Å². The smallest absolute Gasteiger partial charge is 0.335 e. The van der Waals surface area contributed by atoms with Gasteiger partial charge in [0.1, 0.15) is 11.4 Å². The molecular weight excluding hydrogens is 204 g/mol. The number of aromatic carboxylic acids is 1. The number of carboxylic acids is 1. The number of carbonyl (C=O) groups is 1. The van der Waals surface area contributed by atoms with Crippen molar-refractivity contribution in [2.24, 2.45) is 0 Å². The van der Waals surface area contributed by atoms with Crippen LogP contribution in [0.3, 0.4) is 0 Å². The maximum Gasteiger partial charge on any atom is 0.335 e. The van der Waals surface area contributed by atoms with Gasteiger partial charge in [0.05, 0.1) is 5.56 Å². The SMILES string of the molecule is CC1=Cc2cc(C(=O)O)ccc2OC1(C)C. The predicted molar refractivity (Wildman–Crippen MR) is 61.8 cm³/mol. The highest BCUT2D eigenvalue weighted by atomic mass is 16.5. The van der Waals surface area contributed by atoms with Gasteiger partial charge in [-0.25, -0.2) is 4.79 Å². The molecule has 0 fully saturated rings. The van der Waals surface area contributed by atoms with Crippen molar-refractivity contribution in [1.29, 1.82) is 0 Å². The largest absolute Gasteiger partial charge is 0.483 e. The fourth-order valence-electron chi connectivity index (χ4n) is 1.65. The van der Waals surface area contributed by atoms with Gasteiger partial charge in [0.15, 0.2) is 0 Å². The number of carboxylic acid groups (broad SMARTS) is 1. The maximum absolute atomic E-state index is 10.8. The van der Waals surface area contributed by atoms with Crippen LogP contribution < -0.4 is 4.74 Å². The van der Waals surface area contributed by atoms with Crippen molar-refractivity contribution < 1.29 is 14.6 Å². The van der Waals surface area contributed by atoms with Crippen molar-refractivity contribution in [1.82, 2.24) is 0 Å². The normalized spacial score (nSPS) is 17.1. The van der Waals surface area contributed by atoms with Gasteiger partial charge in [-0.05, 0) is 50.6 Å². The average molecular weight is 218 g/mol. The summed E-state index contributed by atoms with van der Waals surface area (Å²) in [6, 6.07) is 4.91. The van der Waals surface area contributed by atoms with Crippen LogP contribution in [-0.4, -0.2) is 16.7 Å². The summed E-state index contributed by atoms with van der Waals surface area (Å²) >= 11 is 0. The molecule has 1 N–H and O–H groups in total. The molecular formula is C13H14O3. The predicted octanol–water partition coefficient (Wildman–Crippen LogP) is 2.96. The van der Waals surface area contributed by atoms with Crippen LogP contribution in [0.2, 0.25) is 0 Å². The molecule has 3 heteroatoms. The van der Waals surface area contributed by atoms with E-state index in [0.717, 1.165) is 16.9 Å². The van der Waals surface area contributed by atoms with E-state index in [1.165, 1.54) is 0 Å². The van der Waals surface area contributed by atoms with Crippen LogP contribution in [0.25, 0.3) is 6.08 Å². The van der Waals surface area contributed by atoms with Gasteiger partial charge in [-0.1, -0.05) is 0 Å². The summed E-state index contributed by atoms with van der Waals surface area (Å²) in [5.41, 5.74) is 1.88. The fraction of sp³-hybridized carbons (Fsp3) is 0.308. The highest BCUT2D eigenvalue weighted by Crippen LogP contribution is 2.35. The third-order valence-electron chi connectivity index (χ3n) is 2.94. The fourth-order valence-corrected chi connectivity index (χ4v) is 1.65. The molecule has 1 aliphatic rings. The minimum absolute atomic E-state index is 0.283. The van der Waals surface area contributed by atoms with Gasteiger partial charge in [-0.3, -0.25) is 0 Å². The Balaban J connectivity index is 2.51. The number of fused-ring (bicyclic) bond motifs is 1. The Labute approximate surface area is 94.4 Å². The molecule has 0 aliphatic carbocycles. The number of ether oxygens (including phenoxy) is 1. The molecule has 0 atom stereocenters. The summed E-state index contributed by atoms with van der Waals surface area (Å²) in [6.07, 6.45) is 1.98. The van der Waals surface area contributed by atoms with Crippen LogP contribution in [0.1, 0.15) is 36.7 Å². The quantitative estimate of drug-likeness (QED) is 0.788. The molecule has 0 aromatic heterocycles. The highest BCUT2D eigenvalue weighted by Gasteiger charge is 2.27. The van der Waals surface area contributed by atoms with Crippen molar-refractivity contribution >= 4 is 12.0 Å². The van der Waals surface area contributed by atoms with Crippen LogP contribution in [-0.2, 0) is 0 Å². The van der Waals surface area contributed by atoms with E-state index >= 15 is 0 Å². The van der Waals surface area contributed by atoms with Gasteiger partial charge in [0.25, 0.3) is 0 Å². The standard InChI is InChI=1S/C13H14O3/c1-8-6-10-7-9(12(14)15)4-5-11(10)16-13(8,2)3/h4-7H,1-3H3,(H,14,15). The van der Waals surface area contributed by atoms with E-state index in [2.05, 4.69) is 0 Å². The highest BCUT2D eigenvalue weighted by molar-refractivity contribution is 5.89. The molecule has 0 saturated heterocycles. The van der Waals surface area contributed by atoms with Gasteiger partial charge >= 0.3 is 5.97 Å². The first kappa shape index (κ1) is 10.7. The Kier molecular flexibility index (Phi) is 2.26. The summed E-state index contributed by atoms with van der Waals surface area (Å²) in [6.45, 7) is 5.97. The van der Waals surface area contributed by atoms with E-state index in [4.69, 9.17) is 9.84 Å². The Morgan fingerprint density at radius 1 is 1.38 bits per heavy atom. The lowest BCUT2D eigenvalue weighted by molar-refractivity contribution is 0.0696. The van der Waals surface area contributed by atoms with Gasteiger partial charge in [0, 0.05) is 5.56 Å².